The summed E-state index contributed by atoms with van der Waals surface area (Å²) in [4.78, 5) is 26.8. The number of nitrogens with one attached hydrogen (secondary N) is 1. The fraction of sp³-hybridized carbons (Fsp3) is 0.400. The van der Waals surface area contributed by atoms with Gasteiger partial charge < -0.3 is 15.1 Å². The molecule has 0 saturated carbocycles. The summed E-state index contributed by atoms with van der Waals surface area (Å²) in [6.45, 7) is 2.99. The lowest BCUT2D eigenvalue weighted by atomic mass is 10.5. The van der Waals surface area contributed by atoms with Gasteiger partial charge in [0.2, 0.25) is 5.91 Å². The Kier molecular flexibility index (Phi) is 4.77. The third kappa shape index (κ3) is 7.43. The molecule has 0 aliphatic rings. The summed E-state index contributed by atoms with van der Waals surface area (Å²) in [5.74, 6) is -0.413. The molecule has 12 heavy (non-hydrogen) atoms. The molecule has 0 radical (unpaired) electrons. The molecule has 0 heterocycles. The van der Waals surface area contributed by atoms with Gasteiger partial charge in [-0.15, -0.1) is 0 Å². The first-order valence-electron chi connectivity index (χ1n) is 3.06. The molecule has 70 valence electrons. The SMILES string of the molecule is C=CC(=O)NCCOP(=O)(O)O. The quantitative estimate of drug-likeness (QED) is 0.309. The molecule has 1 amide bonds. The van der Waals surface area contributed by atoms with Gasteiger partial charge in [0.15, 0.2) is 0 Å². The third-order valence-electron chi connectivity index (χ3n) is 0.846. The number of amides is 1. The van der Waals surface area contributed by atoms with Gasteiger partial charge in [0.05, 0.1) is 6.61 Å². The highest BCUT2D eigenvalue weighted by Crippen LogP contribution is 2.34. The molecule has 7 heteroatoms. The van der Waals surface area contributed by atoms with E-state index in [1.807, 2.05) is 0 Å². The van der Waals surface area contributed by atoms with Gasteiger partial charge in [-0.05, 0) is 6.08 Å². The Morgan fingerprint density at radius 3 is 2.67 bits per heavy atom. The van der Waals surface area contributed by atoms with Crippen molar-refractivity contribution < 1.29 is 23.7 Å². The van der Waals surface area contributed by atoms with E-state index in [9.17, 15) is 9.36 Å². The Hall–Kier alpha value is -0.680. The molecular formula is C5H10NO5P. The van der Waals surface area contributed by atoms with E-state index in [2.05, 4.69) is 16.4 Å². The van der Waals surface area contributed by atoms with Crippen LogP contribution in [0.3, 0.4) is 0 Å². The van der Waals surface area contributed by atoms with Crippen LogP contribution in [0.25, 0.3) is 0 Å². The van der Waals surface area contributed by atoms with Crippen molar-refractivity contribution in [1.82, 2.24) is 5.32 Å². The van der Waals surface area contributed by atoms with Crippen LogP contribution in [0.4, 0.5) is 0 Å². The molecular weight excluding hydrogens is 185 g/mol. The maximum Gasteiger partial charge on any atom is 0.469 e. The Morgan fingerprint density at radius 1 is 1.67 bits per heavy atom. The van der Waals surface area contributed by atoms with Crippen LogP contribution >= 0.6 is 7.82 Å². The van der Waals surface area contributed by atoms with E-state index >= 15 is 0 Å². The minimum atomic E-state index is -4.41. The third-order valence-corrected chi connectivity index (χ3v) is 1.37. The molecule has 0 aromatic heterocycles. The summed E-state index contributed by atoms with van der Waals surface area (Å²) in [7, 11) is -4.41. The summed E-state index contributed by atoms with van der Waals surface area (Å²) in [5.41, 5.74) is 0. The molecule has 0 aliphatic heterocycles. The van der Waals surface area contributed by atoms with Crippen LogP contribution in [0.2, 0.25) is 0 Å². The van der Waals surface area contributed by atoms with Crippen LogP contribution in [-0.4, -0.2) is 28.8 Å². The number of hydrogen-bond donors (Lipinski definition) is 3. The zero-order valence-corrected chi connectivity index (χ0v) is 7.16. The number of phosphoric acid groups is 1. The van der Waals surface area contributed by atoms with Crippen LogP contribution in [-0.2, 0) is 13.9 Å². The zero-order chi connectivity index (χ0) is 9.61. The molecule has 0 aliphatic carbocycles. The fourth-order valence-electron chi connectivity index (χ4n) is 0.411. The van der Waals surface area contributed by atoms with Crippen molar-refractivity contribution >= 4 is 13.7 Å². The smallest absolute Gasteiger partial charge is 0.350 e. The average molecular weight is 195 g/mol. The second-order valence-corrected chi connectivity index (χ2v) is 3.06. The molecule has 0 fully saturated rings. The second kappa shape index (κ2) is 5.05. The van der Waals surface area contributed by atoms with Gasteiger partial charge in [-0.3, -0.25) is 9.32 Å². The standard InChI is InChI=1S/C5H10NO5P/c1-2-5(7)6-3-4-11-12(8,9)10/h2H,1,3-4H2,(H,6,7)(H2,8,9,10). The van der Waals surface area contributed by atoms with Crippen molar-refractivity contribution in [3.63, 3.8) is 0 Å². The van der Waals surface area contributed by atoms with Crippen LogP contribution in [0.15, 0.2) is 12.7 Å². The van der Waals surface area contributed by atoms with E-state index in [0.717, 1.165) is 6.08 Å². The fourth-order valence-corrected chi connectivity index (χ4v) is 0.740. The molecule has 0 rings (SSSR count). The normalized spacial score (nSPS) is 10.8. The van der Waals surface area contributed by atoms with Crippen molar-refractivity contribution in [1.29, 1.82) is 0 Å². The van der Waals surface area contributed by atoms with E-state index in [4.69, 9.17) is 9.79 Å². The lowest BCUT2D eigenvalue weighted by Crippen LogP contribution is -2.24. The summed E-state index contributed by atoms with van der Waals surface area (Å²) >= 11 is 0. The van der Waals surface area contributed by atoms with Crippen molar-refractivity contribution in [3.05, 3.63) is 12.7 Å². The van der Waals surface area contributed by atoms with Gasteiger partial charge in [-0.2, -0.15) is 0 Å². The summed E-state index contributed by atoms with van der Waals surface area (Å²) < 4.78 is 14.1. The first kappa shape index (κ1) is 11.3. The number of carbonyl (C=O) groups excluding carboxylic acids is 1. The molecule has 0 bridgehead atoms. The van der Waals surface area contributed by atoms with Crippen molar-refractivity contribution in [2.45, 2.75) is 0 Å². The van der Waals surface area contributed by atoms with Crippen molar-refractivity contribution in [2.24, 2.45) is 0 Å². The lowest BCUT2D eigenvalue weighted by molar-refractivity contribution is -0.116. The highest BCUT2D eigenvalue weighted by molar-refractivity contribution is 7.46. The molecule has 0 spiro atoms. The maximum absolute atomic E-state index is 10.5. The van der Waals surface area contributed by atoms with Gasteiger partial charge in [0, 0.05) is 6.54 Å². The van der Waals surface area contributed by atoms with E-state index < -0.39 is 13.7 Å². The molecule has 0 saturated heterocycles. The van der Waals surface area contributed by atoms with Crippen LogP contribution in [0.5, 0.6) is 0 Å². The first-order chi connectivity index (χ1) is 5.45. The predicted molar refractivity (Wildman–Crippen MR) is 41.2 cm³/mol. The highest BCUT2D eigenvalue weighted by atomic mass is 31.2. The Balaban J connectivity index is 3.40. The number of rotatable bonds is 5. The Labute approximate surface area is 69.5 Å². The summed E-state index contributed by atoms with van der Waals surface area (Å²) in [5, 5.41) is 2.28. The van der Waals surface area contributed by atoms with Crippen LogP contribution in [0, 0.1) is 0 Å². The van der Waals surface area contributed by atoms with Gasteiger partial charge in [-0.1, -0.05) is 6.58 Å². The Morgan fingerprint density at radius 2 is 2.25 bits per heavy atom. The van der Waals surface area contributed by atoms with Crippen molar-refractivity contribution in [2.75, 3.05) is 13.2 Å². The molecule has 0 aromatic carbocycles. The number of phosphoric ester groups is 1. The van der Waals surface area contributed by atoms with Gasteiger partial charge in [-0.25, -0.2) is 4.57 Å². The summed E-state index contributed by atoms with van der Waals surface area (Å²) in [6, 6.07) is 0. The monoisotopic (exact) mass is 195 g/mol. The average Bonchev–Trinajstić information content (AvgIpc) is 1.96. The number of carbonyl (C=O) groups is 1. The van der Waals surface area contributed by atoms with E-state index in [1.165, 1.54) is 0 Å². The minimum absolute atomic E-state index is 0.0377. The van der Waals surface area contributed by atoms with E-state index in [-0.39, 0.29) is 13.2 Å². The van der Waals surface area contributed by atoms with E-state index in [0.29, 0.717) is 0 Å². The molecule has 0 unspecified atom stereocenters. The predicted octanol–water partition coefficient (Wildman–Crippen LogP) is -0.602. The maximum atomic E-state index is 10.5. The van der Waals surface area contributed by atoms with E-state index in [1.54, 1.807) is 0 Å². The minimum Gasteiger partial charge on any atom is -0.350 e. The molecule has 0 atom stereocenters. The van der Waals surface area contributed by atoms with Crippen molar-refractivity contribution in [3.8, 4) is 0 Å². The molecule has 3 N–H and O–H groups in total. The van der Waals surface area contributed by atoms with Gasteiger partial charge >= 0.3 is 7.82 Å². The topological polar surface area (TPSA) is 95.9 Å². The second-order valence-electron chi connectivity index (χ2n) is 1.82. The van der Waals surface area contributed by atoms with Gasteiger partial charge in [0.25, 0.3) is 0 Å². The lowest BCUT2D eigenvalue weighted by Gasteiger charge is -2.04. The first-order valence-corrected chi connectivity index (χ1v) is 4.59. The molecule has 0 aromatic rings. The van der Waals surface area contributed by atoms with Crippen LogP contribution in [0.1, 0.15) is 0 Å². The number of hydrogen-bond acceptors (Lipinski definition) is 3. The Bertz CT molecular complexity index is 210. The van der Waals surface area contributed by atoms with Gasteiger partial charge in [0.1, 0.15) is 0 Å². The largest absolute Gasteiger partial charge is 0.469 e. The zero-order valence-electron chi connectivity index (χ0n) is 6.27. The molecule has 6 nitrogen and oxygen atoms in total. The van der Waals surface area contributed by atoms with Crippen LogP contribution < -0.4 is 5.32 Å². The summed E-state index contributed by atoms with van der Waals surface area (Å²) in [6.07, 6.45) is 1.05. The highest BCUT2D eigenvalue weighted by Gasteiger charge is 2.12.